The van der Waals surface area contributed by atoms with Gasteiger partial charge in [0.05, 0.1) is 7.11 Å². The number of carbonyl (C=O) groups excluding carboxylic acids is 1. The van der Waals surface area contributed by atoms with Crippen molar-refractivity contribution in [3.8, 4) is 17.1 Å². The van der Waals surface area contributed by atoms with Gasteiger partial charge >= 0.3 is 0 Å². The van der Waals surface area contributed by atoms with Crippen molar-refractivity contribution >= 4 is 11.6 Å². The maximum Gasteiger partial charge on any atom is 0.246 e. The highest BCUT2D eigenvalue weighted by atomic mass is 16.5. The number of carbonyl (C=O) groups is 1. The first-order chi connectivity index (χ1) is 14.7. The molecule has 0 aliphatic carbocycles. The van der Waals surface area contributed by atoms with E-state index < -0.39 is 0 Å². The Kier molecular flexibility index (Phi) is 5.92. The molecule has 0 N–H and O–H groups in total. The zero-order valence-corrected chi connectivity index (χ0v) is 17.4. The zero-order valence-electron chi connectivity index (χ0n) is 17.4. The summed E-state index contributed by atoms with van der Waals surface area (Å²) in [4.78, 5) is 18.2. The maximum absolute atomic E-state index is 12.7. The molecule has 1 saturated heterocycles. The van der Waals surface area contributed by atoms with Crippen LogP contribution in [0.25, 0.3) is 11.4 Å². The number of ether oxygens (including phenoxy) is 1. The second-order valence-electron chi connectivity index (χ2n) is 7.26. The number of nitrogens with zero attached hydrogens (tertiary/aromatic N) is 6. The van der Waals surface area contributed by atoms with E-state index in [2.05, 4.69) is 39.4 Å². The molecular formula is C22H26N6O2. The van der Waals surface area contributed by atoms with E-state index in [9.17, 15) is 4.79 Å². The van der Waals surface area contributed by atoms with Gasteiger partial charge in [0.15, 0.2) is 0 Å². The number of hydrogen-bond donors (Lipinski definition) is 0. The molecule has 1 aromatic heterocycles. The molecule has 0 bridgehead atoms. The van der Waals surface area contributed by atoms with E-state index in [1.807, 2.05) is 41.3 Å². The number of aromatic nitrogens is 4. The third kappa shape index (κ3) is 4.42. The lowest BCUT2D eigenvalue weighted by Gasteiger charge is -2.36. The number of aryl methyl sites for hydroxylation is 1. The maximum atomic E-state index is 12.7. The van der Waals surface area contributed by atoms with Crippen molar-refractivity contribution in [1.29, 1.82) is 0 Å². The molecule has 156 valence electrons. The van der Waals surface area contributed by atoms with Crippen molar-refractivity contribution in [2.45, 2.75) is 19.9 Å². The number of methoxy groups -OCH3 is 1. The minimum absolute atomic E-state index is 0.00895. The summed E-state index contributed by atoms with van der Waals surface area (Å²) in [6.07, 6.45) is 0.987. The lowest BCUT2D eigenvalue weighted by Crippen LogP contribution is -2.49. The lowest BCUT2D eigenvalue weighted by atomic mass is 10.1. The summed E-state index contributed by atoms with van der Waals surface area (Å²) in [6.45, 7) is 5.14. The van der Waals surface area contributed by atoms with E-state index >= 15 is 0 Å². The highest BCUT2D eigenvalue weighted by Crippen LogP contribution is 2.20. The summed E-state index contributed by atoms with van der Waals surface area (Å²) in [6, 6.07) is 16.1. The van der Waals surface area contributed by atoms with Crippen LogP contribution in [-0.2, 0) is 17.8 Å². The van der Waals surface area contributed by atoms with Gasteiger partial charge in [-0.1, -0.05) is 31.2 Å². The van der Waals surface area contributed by atoms with E-state index in [0.29, 0.717) is 18.9 Å². The number of piperazine rings is 1. The molecule has 0 saturated carbocycles. The second kappa shape index (κ2) is 8.94. The van der Waals surface area contributed by atoms with Crippen LogP contribution in [0.1, 0.15) is 12.5 Å². The van der Waals surface area contributed by atoms with Crippen LogP contribution in [0, 0.1) is 0 Å². The largest absolute Gasteiger partial charge is 0.497 e. The SMILES string of the molecule is CCc1ccc(-c2nnn(CC(=O)N3CCN(c4ccc(OC)cc4)CC3)n2)cc1. The summed E-state index contributed by atoms with van der Waals surface area (Å²) >= 11 is 0. The van der Waals surface area contributed by atoms with Gasteiger partial charge in [0.1, 0.15) is 12.3 Å². The fraction of sp³-hybridized carbons (Fsp3) is 0.364. The second-order valence-corrected chi connectivity index (χ2v) is 7.26. The molecular weight excluding hydrogens is 380 g/mol. The van der Waals surface area contributed by atoms with Gasteiger partial charge in [-0.2, -0.15) is 4.80 Å². The standard InChI is InChI=1S/C22H26N6O2/c1-3-17-4-6-18(7-5-17)22-23-25-28(24-22)16-21(29)27-14-12-26(13-15-27)19-8-10-20(30-2)11-9-19/h4-11H,3,12-16H2,1-2H3. The van der Waals surface area contributed by atoms with Gasteiger partial charge in [-0.25, -0.2) is 0 Å². The van der Waals surface area contributed by atoms with Crippen molar-refractivity contribution in [1.82, 2.24) is 25.1 Å². The minimum atomic E-state index is 0.00895. The van der Waals surface area contributed by atoms with E-state index in [1.54, 1.807) is 7.11 Å². The molecule has 0 unspecified atom stereocenters. The first-order valence-electron chi connectivity index (χ1n) is 10.2. The Hall–Kier alpha value is -3.42. The van der Waals surface area contributed by atoms with E-state index in [1.165, 1.54) is 10.4 Å². The third-order valence-electron chi connectivity index (χ3n) is 5.42. The molecule has 0 radical (unpaired) electrons. The number of amides is 1. The van der Waals surface area contributed by atoms with Gasteiger partial charge in [0.25, 0.3) is 0 Å². The monoisotopic (exact) mass is 406 g/mol. The normalized spacial score (nSPS) is 14.1. The first-order valence-corrected chi connectivity index (χ1v) is 10.2. The third-order valence-corrected chi connectivity index (χ3v) is 5.42. The smallest absolute Gasteiger partial charge is 0.246 e. The lowest BCUT2D eigenvalue weighted by molar-refractivity contribution is -0.132. The summed E-state index contributed by atoms with van der Waals surface area (Å²) in [7, 11) is 1.66. The Morgan fingerprint density at radius 3 is 2.33 bits per heavy atom. The van der Waals surface area contributed by atoms with Crippen LogP contribution in [0.15, 0.2) is 48.5 Å². The van der Waals surface area contributed by atoms with Crippen molar-refractivity contribution in [2.24, 2.45) is 0 Å². The van der Waals surface area contributed by atoms with Gasteiger partial charge in [0.2, 0.25) is 11.7 Å². The molecule has 2 heterocycles. The predicted octanol–water partition coefficient (Wildman–Crippen LogP) is 2.26. The molecule has 30 heavy (non-hydrogen) atoms. The number of benzene rings is 2. The average molecular weight is 406 g/mol. The van der Waals surface area contributed by atoms with Gasteiger partial charge in [0, 0.05) is 37.4 Å². The molecule has 1 amide bonds. The van der Waals surface area contributed by atoms with Crippen molar-refractivity contribution in [3.63, 3.8) is 0 Å². The minimum Gasteiger partial charge on any atom is -0.497 e. The highest BCUT2D eigenvalue weighted by molar-refractivity contribution is 5.76. The summed E-state index contributed by atoms with van der Waals surface area (Å²) in [5.41, 5.74) is 3.30. The van der Waals surface area contributed by atoms with E-state index in [-0.39, 0.29) is 12.5 Å². The summed E-state index contributed by atoms with van der Waals surface area (Å²) < 4.78 is 5.21. The average Bonchev–Trinajstić information content (AvgIpc) is 3.27. The molecule has 2 aromatic carbocycles. The van der Waals surface area contributed by atoms with Crippen molar-refractivity contribution < 1.29 is 9.53 Å². The van der Waals surface area contributed by atoms with Gasteiger partial charge in [-0.15, -0.1) is 10.2 Å². The first kappa shape index (κ1) is 19.9. The summed E-state index contributed by atoms with van der Waals surface area (Å²) in [5.74, 6) is 1.39. The fourth-order valence-corrected chi connectivity index (χ4v) is 3.54. The Morgan fingerprint density at radius 1 is 1.00 bits per heavy atom. The number of anilines is 1. The van der Waals surface area contributed by atoms with Crippen LogP contribution < -0.4 is 9.64 Å². The fourth-order valence-electron chi connectivity index (χ4n) is 3.54. The molecule has 0 spiro atoms. The number of tetrazole rings is 1. The topological polar surface area (TPSA) is 76.4 Å². The number of hydrogen-bond acceptors (Lipinski definition) is 6. The number of rotatable bonds is 6. The highest BCUT2D eigenvalue weighted by Gasteiger charge is 2.22. The molecule has 3 aromatic rings. The zero-order chi connectivity index (χ0) is 20.9. The molecule has 8 nitrogen and oxygen atoms in total. The quantitative estimate of drug-likeness (QED) is 0.625. The Morgan fingerprint density at radius 2 is 1.70 bits per heavy atom. The van der Waals surface area contributed by atoms with Crippen molar-refractivity contribution in [2.75, 3.05) is 38.2 Å². The molecule has 0 atom stereocenters. The van der Waals surface area contributed by atoms with Crippen LogP contribution >= 0.6 is 0 Å². The van der Waals surface area contributed by atoms with Crippen LogP contribution in [-0.4, -0.2) is 64.3 Å². The van der Waals surface area contributed by atoms with Crippen LogP contribution in [0.5, 0.6) is 5.75 Å². The van der Waals surface area contributed by atoms with Crippen LogP contribution in [0.3, 0.4) is 0 Å². The van der Waals surface area contributed by atoms with Crippen LogP contribution in [0.4, 0.5) is 5.69 Å². The van der Waals surface area contributed by atoms with Crippen molar-refractivity contribution in [3.05, 3.63) is 54.1 Å². The van der Waals surface area contributed by atoms with Gasteiger partial charge in [-0.3, -0.25) is 4.79 Å². The molecule has 1 aliphatic heterocycles. The molecule has 1 fully saturated rings. The van der Waals surface area contributed by atoms with Gasteiger partial charge in [-0.05, 0) is 41.5 Å². The Labute approximate surface area is 176 Å². The molecule has 4 rings (SSSR count). The van der Waals surface area contributed by atoms with Crippen LogP contribution in [0.2, 0.25) is 0 Å². The van der Waals surface area contributed by atoms with Gasteiger partial charge < -0.3 is 14.5 Å². The Bertz CT molecular complexity index is 976. The molecule has 8 heteroatoms. The summed E-state index contributed by atoms with van der Waals surface area (Å²) in [5, 5.41) is 12.5. The predicted molar refractivity (Wildman–Crippen MR) is 114 cm³/mol. The molecule has 1 aliphatic rings. The van der Waals surface area contributed by atoms with E-state index in [0.717, 1.165) is 36.5 Å². The van der Waals surface area contributed by atoms with E-state index in [4.69, 9.17) is 4.74 Å². The Balaban J connectivity index is 1.32.